The average molecular weight is 233 g/mol. The smallest absolute Gasteiger partial charge is 0.250 e. The van der Waals surface area contributed by atoms with E-state index in [-0.39, 0.29) is 5.91 Å². The lowest BCUT2D eigenvalue weighted by Crippen LogP contribution is -2.39. The van der Waals surface area contributed by atoms with Crippen LogP contribution in [0.4, 0.5) is 5.69 Å². The van der Waals surface area contributed by atoms with Gasteiger partial charge in [-0.2, -0.15) is 0 Å². The number of carbonyl (C=O) groups is 1. The maximum atomic E-state index is 11.2. The van der Waals surface area contributed by atoms with E-state index in [1.54, 1.807) is 6.07 Å². The van der Waals surface area contributed by atoms with Gasteiger partial charge in [0.05, 0.1) is 5.56 Å². The highest BCUT2D eigenvalue weighted by Crippen LogP contribution is 2.15. The van der Waals surface area contributed by atoms with Crippen LogP contribution in [0.25, 0.3) is 0 Å². The third-order valence-corrected chi connectivity index (χ3v) is 3.14. The van der Waals surface area contributed by atoms with Crippen LogP contribution in [0.5, 0.6) is 0 Å². The van der Waals surface area contributed by atoms with Gasteiger partial charge in [-0.25, -0.2) is 0 Å². The van der Waals surface area contributed by atoms with Crippen molar-refractivity contribution in [3.05, 3.63) is 29.8 Å². The highest BCUT2D eigenvalue weighted by Gasteiger charge is 2.13. The van der Waals surface area contributed by atoms with E-state index in [0.717, 1.165) is 18.8 Å². The number of rotatable bonds is 4. The summed E-state index contributed by atoms with van der Waals surface area (Å²) in [5.41, 5.74) is 6.71. The summed E-state index contributed by atoms with van der Waals surface area (Å²) in [6, 6.07) is 7.86. The minimum absolute atomic E-state index is 0.385. The van der Waals surface area contributed by atoms with Gasteiger partial charge >= 0.3 is 0 Å². The highest BCUT2D eigenvalue weighted by molar-refractivity contribution is 5.98. The molecule has 0 aliphatic carbocycles. The molecule has 2 rings (SSSR count). The first kappa shape index (κ1) is 11.9. The van der Waals surface area contributed by atoms with E-state index in [1.165, 1.54) is 19.3 Å². The molecule has 4 nitrogen and oxygen atoms in total. The van der Waals surface area contributed by atoms with Crippen molar-refractivity contribution in [1.82, 2.24) is 5.32 Å². The lowest BCUT2D eigenvalue weighted by Gasteiger charge is -2.24. The SMILES string of the molecule is NC(=O)c1ccccc1NCC1CCCCN1. The van der Waals surface area contributed by atoms with Crippen LogP contribution in [0.3, 0.4) is 0 Å². The Kier molecular flexibility index (Phi) is 3.98. The van der Waals surface area contributed by atoms with Gasteiger partial charge in [-0.05, 0) is 31.5 Å². The van der Waals surface area contributed by atoms with Crippen molar-refractivity contribution in [2.24, 2.45) is 5.73 Å². The Balaban J connectivity index is 1.96. The van der Waals surface area contributed by atoms with Crippen molar-refractivity contribution >= 4 is 11.6 Å². The molecule has 1 fully saturated rings. The number of hydrogen-bond acceptors (Lipinski definition) is 3. The molecule has 1 saturated heterocycles. The second-order valence-corrected chi connectivity index (χ2v) is 4.44. The summed E-state index contributed by atoms with van der Waals surface area (Å²) in [4.78, 5) is 11.2. The van der Waals surface area contributed by atoms with E-state index in [9.17, 15) is 4.79 Å². The van der Waals surface area contributed by atoms with E-state index in [2.05, 4.69) is 10.6 Å². The molecule has 1 aromatic rings. The third kappa shape index (κ3) is 3.20. The van der Waals surface area contributed by atoms with Gasteiger partial charge in [0.15, 0.2) is 0 Å². The molecule has 0 aromatic heterocycles. The van der Waals surface area contributed by atoms with Crippen molar-refractivity contribution in [3.8, 4) is 0 Å². The maximum Gasteiger partial charge on any atom is 0.250 e. The molecular formula is C13H19N3O. The van der Waals surface area contributed by atoms with Gasteiger partial charge in [0.25, 0.3) is 5.91 Å². The molecule has 4 N–H and O–H groups in total. The molecule has 1 unspecified atom stereocenters. The van der Waals surface area contributed by atoms with Crippen LogP contribution in [0, 0.1) is 0 Å². The van der Waals surface area contributed by atoms with E-state index in [0.29, 0.717) is 11.6 Å². The number of nitrogens with one attached hydrogen (secondary N) is 2. The minimum Gasteiger partial charge on any atom is -0.383 e. The van der Waals surface area contributed by atoms with Gasteiger partial charge < -0.3 is 16.4 Å². The van der Waals surface area contributed by atoms with Crippen molar-refractivity contribution in [3.63, 3.8) is 0 Å². The fraction of sp³-hybridized carbons (Fsp3) is 0.462. The second-order valence-electron chi connectivity index (χ2n) is 4.44. The molecule has 17 heavy (non-hydrogen) atoms. The third-order valence-electron chi connectivity index (χ3n) is 3.14. The summed E-state index contributed by atoms with van der Waals surface area (Å²) in [6.07, 6.45) is 3.72. The Labute approximate surface area is 102 Å². The Hall–Kier alpha value is -1.55. The molecule has 4 heteroatoms. The summed E-state index contributed by atoms with van der Waals surface area (Å²) in [6.45, 7) is 1.92. The average Bonchev–Trinajstić information content (AvgIpc) is 2.38. The molecule has 0 saturated carbocycles. The zero-order valence-corrected chi connectivity index (χ0v) is 9.91. The topological polar surface area (TPSA) is 67.2 Å². The van der Waals surface area contributed by atoms with Crippen molar-refractivity contribution in [2.45, 2.75) is 25.3 Å². The van der Waals surface area contributed by atoms with E-state index >= 15 is 0 Å². The van der Waals surface area contributed by atoms with Crippen LogP contribution in [-0.2, 0) is 0 Å². The Morgan fingerprint density at radius 2 is 2.24 bits per heavy atom. The molecular weight excluding hydrogens is 214 g/mol. The maximum absolute atomic E-state index is 11.2. The van der Waals surface area contributed by atoms with E-state index < -0.39 is 0 Å². The Bertz CT molecular complexity index is 386. The normalized spacial score (nSPS) is 19.9. The Morgan fingerprint density at radius 1 is 1.41 bits per heavy atom. The summed E-state index contributed by atoms with van der Waals surface area (Å²) >= 11 is 0. The fourth-order valence-corrected chi connectivity index (χ4v) is 2.18. The van der Waals surface area contributed by atoms with Gasteiger partial charge in [-0.15, -0.1) is 0 Å². The highest BCUT2D eigenvalue weighted by atomic mass is 16.1. The standard InChI is InChI=1S/C13H19N3O/c14-13(17)11-6-1-2-7-12(11)16-9-10-5-3-4-8-15-10/h1-2,6-7,10,15-16H,3-5,8-9H2,(H2,14,17). The molecule has 1 atom stereocenters. The first-order valence-electron chi connectivity index (χ1n) is 6.13. The largest absolute Gasteiger partial charge is 0.383 e. The zero-order chi connectivity index (χ0) is 12.1. The second kappa shape index (κ2) is 5.68. The number of piperidine rings is 1. The van der Waals surface area contributed by atoms with Crippen LogP contribution in [-0.4, -0.2) is 25.0 Å². The molecule has 0 spiro atoms. The van der Waals surface area contributed by atoms with Crippen LogP contribution in [0.2, 0.25) is 0 Å². The molecule has 0 radical (unpaired) electrons. The van der Waals surface area contributed by atoms with E-state index in [4.69, 9.17) is 5.73 Å². The van der Waals surface area contributed by atoms with E-state index in [1.807, 2.05) is 18.2 Å². The monoisotopic (exact) mass is 233 g/mol. The summed E-state index contributed by atoms with van der Waals surface area (Å²) in [5, 5.41) is 6.76. The van der Waals surface area contributed by atoms with Crippen molar-refractivity contribution in [2.75, 3.05) is 18.4 Å². The number of primary amides is 1. The molecule has 92 valence electrons. The predicted molar refractivity (Wildman–Crippen MR) is 69.1 cm³/mol. The van der Waals surface area contributed by atoms with Gasteiger partial charge in [0.2, 0.25) is 0 Å². The number of anilines is 1. The van der Waals surface area contributed by atoms with Gasteiger partial charge in [0.1, 0.15) is 0 Å². The van der Waals surface area contributed by atoms with Gasteiger partial charge in [0, 0.05) is 18.3 Å². The Morgan fingerprint density at radius 3 is 2.94 bits per heavy atom. The summed E-state index contributed by atoms with van der Waals surface area (Å²) < 4.78 is 0. The van der Waals surface area contributed by atoms with Crippen LogP contribution < -0.4 is 16.4 Å². The van der Waals surface area contributed by atoms with Crippen LogP contribution in [0.1, 0.15) is 29.6 Å². The fourth-order valence-electron chi connectivity index (χ4n) is 2.18. The lowest BCUT2D eigenvalue weighted by molar-refractivity contribution is 0.100. The quantitative estimate of drug-likeness (QED) is 0.735. The first-order chi connectivity index (χ1) is 8.27. The van der Waals surface area contributed by atoms with Crippen molar-refractivity contribution in [1.29, 1.82) is 0 Å². The molecule has 1 amide bonds. The number of nitrogens with two attached hydrogens (primary N) is 1. The number of benzene rings is 1. The molecule has 1 aromatic carbocycles. The lowest BCUT2D eigenvalue weighted by atomic mass is 10.0. The minimum atomic E-state index is -0.385. The molecule has 1 aliphatic heterocycles. The zero-order valence-electron chi connectivity index (χ0n) is 9.91. The van der Waals surface area contributed by atoms with Crippen LogP contribution in [0.15, 0.2) is 24.3 Å². The molecule has 0 bridgehead atoms. The van der Waals surface area contributed by atoms with Crippen LogP contribution >= 0.6 is 0 Å². The molecule has 1 heterocycles. The number of hydrogen-bond donors (Lipinski definition) is 3. The molecule has 1 aliphatic rings. The predicted octanol–water partition coefficient (Wildman–Crippen LogP) is 1.34. The summed E-state index contributed by atoms with van der Waals surface area (Å²) in [7, 11) is 0. The summed E-state index contributed by atoms with van der Waals surface area (Å²) in [5.74, 6) is -0.385. The van der Waals surface area contributed by atoms with Gasteiger partial charge in [-0.3, -0.25) is 4.79 Å². The number of carbonyl (C=O) groups excluding carboxylic acids is 1. The first-order valence-corrected chi connectivity index (χ1v) is 6.13. The number of para-hydroxylation sites is 1. The number of amides is 1. The van der Waals surface area contributed by atoms with Crippen molar-refractivity contribution < 1.29 is 4.79 Å². The van der Waals surface area contributed by atoms with Gasteiger partial charge in [-0.1, -0.05) is 18.6 Å².